The summed E-state index contributed by atoms with van der Waals surface area (Å²) in [6.07, 6.45) is 9.18. The van der Waals surface area contributed by atoms with Gasteiger partial charge in [0, 0.05) is 43.6 Å². The Morgan fingerprint density at radius 2 is 2.12 bits per heavy atom. The highest BCUT2D eigenvalue weighted by molar-refractivity contribution is 7.14. The molecular weight excluding hydrogens is 434 g/mol. The summed E-state index contributed by atoms with van der Waals surface area (Å²) in [5.74, 6) is 0.453. The SMILES string of the molecule is CCc1ccc(N2CCC[C@@H]2c2csc(NC(=O)c3cccn3CC3CCOCC3)n2)cn1. The van der Waals surface area contributed by atoms with E-state index in [-0.39, 0.29) is 11.9 Å². The third kappa shape index (κ3) is 4.96. The van der Waals surface area contributed by atoms with E-state index < -0.39 is 0 Å². The number of hydrogen-bond donors (Lipinski definition) is 1. The number of carbonyl (C=O) groups is 1. The highest BCUT2D eigenvalue weighted by Gasteiger charge is 2.29. The van der Waals surface area contributed by atoms with Crippen LogP contribution in [0.3, 0.4) is 0 Å². The third-order valence-electron chi connectivity index (χ3n) is 6.70. The van der Waals surface area contributed by atoms with Crippen molar-refractivity contribution in [3.8, 4) is 0 Å². The molecule has 2 aliphatic rings. The van der Waals surface area contributed by atoms with Crippen LogP contribution in [0.25, 0.3) is 0 Å². The van der Waals surface area contributed by atoms with Crippen molar-refractivity contribution < 1.29 is 9.53 Å². The minimum absolute atomic E-state index is 0.101. The molecule has 174 valence electrons. The van der Waals surface area contributed by atoms with Crippen LogP contribution in [0, 0.1) is 5.92 Å². The molecule has 8 heteroatoms. The van der Waals surface area contributed by atoms with E-state index in [1.807, 2.05) is 24.5 Å². The number of rotatable bonds is 7. The lowest BCUT2D eigenvalue weighted by Crippen LogP contribution is -2.24. The van der Waals surface area contributed by atoms with E-state index in [0.717, 1.165) is 75.5 Å². The maximum Gasteiger partial charge on any atom is 0.274 e. The van der Waals surface area contributed by atoms with Crippen LogP contribution in [0.15, 0.2) is 42.0 Å². The summed E-state index contributed by atoms with van der Waals surface area (Å²) < 4.78 is 7.52. The first kappa shape index (κ1) is 22.1. The van der Waals surface area contributed by atoms with Gasteiger partial charge >= 0.3 is 0 Å². The van der Waals surface area contributed by atoms with Gasteiger partial charge in [0.15, 0.2) is 5.13 Å². The van der Waals surface area contributed by atoms with Crippen molar-refractivity contribution in [1.82, 2.24) is 14.5 Å². The lowest BCUT2D eigenvalue weighted by atomic mass is 10.0. The number of amides is 1. The Bertz CT molecular complexity index is 1070. The van der Waals surface area contributed by atoms with Gasteiger partial charge in [-0.05, 0) is 62.3 Å². The molecule has 2 fully saturated rings. The minimum Gasteiger partial charge on any atom is -0.381 e. The van der Waals surface area contributed by atoms with Crippen LogP contribution in [-0.2, 0) is 17.7 Å². The molecule has 1 amide bonds. The zero-order valence-corrected chi connectivity index (χ0v) is 19.9. The molecule has 0 spiro atoms. The van der Waals surface area contributed by atoms with Gasteiger partial charge < -0.3 is 14.2 Å². The Morgan fingerprint density at radius 3 is 2.91 bits per heavy atom. The first-order valence-electron chi connectivity index (χ1n) is 11.9. The molecule has 7 nitrogen and oxygen atoms in total. The van der Waals surface area contributed by atoms with Gasteiger partial charge in [-0.1, -0.05) is 6.92 Å². The van der Waals surface area contributed by atoms with Crippen molar-refractivity contribution in [2.45, 2.75) is 51.6 Å². The maximum atomic E-state index is 13.0. The van der Waals surface area contributed by atoms with Gasteiger partial charge in [0.05, 0.1) is 23.6 Å². The monoisotopic (exact) mass is 465 g/mol. The van der Waals surface area contributed by atoms with Crippen molar-refractivity contribution in [2.24, 2.45) is 5.92 Å². The fraction of sp³-hybridized carbons (Fsp3) is 0.480. The first-order chi connectivity index (χ1) is 16.2. The van der Waals surface area contributed by atoms with Gasteiger partial charge in [-0.3, -0.25) is 15.1 Å². The smallest absolute Gasteiger partial charge is 0.274 e. The predicted octanol–water partition coefficient (Wildman–Crippen LogP) is 4.92. The van der Waals surface area contributed by atoms with Gasteiger partial charge in [0.1, 0.15) is 5.69 Å². The van der Waals surface area contributed by atoms with Crippen LogP contribution in [0.1, 0.15) is 60.5 Å². The quantitative estimate of drug-likeness (QED) is 0.536. The van der Waals surface area contributed by atoms with Crippen molar-refractivity contribution in [3.05, 3.63) is 59.1 Å². The molecule has 0 radical (unpaired) electrons. The molecule has 3 aromatic rings. The third-order valence-corrected chi connectivity index (χ3v) is 7.47. The van der Waals surface area contributed by atoms with Gasteiger partial charge in [-0.15, -0.1) is 11.3 Å². The molecule has 0 aliphatic carbocycles. The summed E-state index contributed by atoms with van der Waals surface area (Å²) in [4.78, 5) is 24.7. The summed E-state index contributed by atoms with van der Waals surface area (Å²) in [5, 5.41) is 5.76. The maximum absolute atomic E-state index is 13.0. The average Bonchev–Trinajstić information content (AvgIpc) is 3.60. The Kier molecular flexibility index (Phi) is 6.73. The van der Waals surface area contributed by atoms with Crippen molar-refractivity contribution >= 4 is 28.1 Å². The topological polar surface area (TPSA) is 72.3 Å². The molecule has 2 saturated heterocycles. The summed E-state index contributed by atoms with van der Waals surface area (Å²) in [5.41, 5.74) is 3.95. The van der Waals surface area contributed by atoms with E-state index in [2.05, 4.69) is 44.2 Å². The van der Waals surface area contributed by atoms with E-state index in [1.54, 1.807) is 0 Å². The molecule has 0 unspecified atom stereocenters. The molecule has 0 saturated carbocycles. The lowest BCUT2D eigenvalue weighted by molar-refractivity contribution is 0.0610. The van der Waals surface area contributed by atoms with E-state index >= 15 is 0 Å². The number of aryl methyl sites for hydroxylation is 1. The molecular formula is C25H31N5O2S. The number of carbonyl (C=O) groups excluding carboxylic acids is 1. The van der Waals surface area contributed by atoms with Crippen molar-refractivity contribution in [1.29, 1.82) is 0 Å². The molecule has 0 aromatic carbocycles. The summed E-state index contributed by atoms with van der Waals surface area (Å²) >= 11 is 1.50. The number of nitrogens with zero attached hydrogens (tertiary/aromatic N) is 4. The zero-order chi connectivity index (χ0) is 22.6. The van der Waals surface area contributed by atoms with Crippen molar-refractivity contribution in [3.63, 3.8) is 0 Å². The van der Waals surface area contributed by atoms with Gasteiger partial charge in [-0.2, -0.15) is 0 Å². The summed E-state index contributed by atoms with van der Waals surface area (Å²) in [6, 6.07) is 8.31. The summed E-state index contributed by atoms with van der Waals surface area (Å²) in [6.45, 7) is 5.59. The van der Waals surface area contributed by atoms with Crippen LogP contribution in [0.5, 0.6) is 0 Å². The lowest BCUT2D eigenvalue weighted by Gasteiger charge is -2.25. The summed E-state index contributed by atoms with van der Waals surface area (Å²) in [7, 11) is 0. The number of thiazole rings is 1. The first-order valence-corrected chi connectivity index (χ1v) is 12.8. The molecule has 1 N–H and O–H groups in total. The van der Waals surface area contributed by atoms with Crippen LogP contribution >= 0.6 is 11.3 Å². The Morgan fingerprint density at radius 1 is 1.24 bits per heavy atom. The van der Waals surface area contributed by atoms with E-state index in [9.17, 15) is 4.79 Å². The normalized spacial score (nSPS) is 19.2. The fourth-order valence-electron chi connectivity index (χ4n) is 4.82. The zero-order valence-electron chi connectivity index (χ0n) is 19.1. The Balaban J connectivity index is 1.25. The molecule has 5 heterocycles. The van der Waals surface area contributed by atoms with Crippen LogP contribution in [0.4, 0.5) is 10.8 Å². The van der Waals surface area contributed by atoms with Gasteiger partial charge in [0.25, 0.3) is 5.91 Å². The van der Waals surface area contributed by atoms with Crippen LogP contribution < -0.4 is 10.2 Å². The molecule has 1 atom stereocenters. The highest BCUT2D eigenvalue weighted by Crippen LogP contribution is 2.37. The second-order valence-corrected chi connectivity index (χ2v) is 9.70. The number of aromatic nitrogens is 3. The van der Waals surface area contributed by atoms with Gasteiger partial charge in [0.2, 0.25) is 0 Å². The molecule has 3 aromatic heterocycles. The van der Waals surface area contributed by atoms with Gasteiger partial charge in [-0.25, -0.2) is 4.98 Å². The van der Waals surface area contributed by atoms with Crippen molar-refractivity contribution in [2.75, 3.05) is 30.0 Å². The number of nitrogens with one attached hydrogen (secondary N) is 1. The Labute approximate surface area is 198 Å². The second kappa shape index (κ2) is 10.1. The van der Waals surface area contributed by atoms with E-state index in [1.165, 1.54) is 11.3 Å². The molecule has 5 rings (SSSR count). The number of pyridine rings is 1. The largest absolute Gasteiger partial charge is 0.381 e. The fourth-order valence-corrected chi connectivity index (χ4v) is 5.58. The molecule has 33 heavy (non-hydrogen) atoms. The van der Waals surface area contributed by atoms with Crippen LogP contribution in [0.2, 0.25) is 0 Å². The van der Waals surface area contributed by atoms with Crippen LogP contribution in [-0.4, -0.2) is 40.2 Å². The second-order valence-electron chi connectivity index (χ2n) is 8.85. The number of anilines is 2. The minimum atomic E-state index is -0.101. The standard InChI is InChI=1S/C25H31N5O2S/c1-2-19-7-8-20(15-26-19)30-12-4-5-22(30)21-17-33-25(27-21)28-24(31)23-6-3-11-29(23)16-18-9-13-32-14-10-18/h3,6-8,11,15,17-18,22H,2,4-5,9-10,12-14,16H2,1H3,(H,27,28,31)/t22-/m1/s1. The predicted molar refractivity (Wildman–Crippen MR) is 131 cm³/mol. The van der Waals surface area contributed by atoms with E-state index in [4.69, 9.17) is 9.72 Å². The number of hydrogen-bond acceptors (Lipinski definition) is 6. The number of ether oxygens (including phenoxy) is 1. The van der Waals surface area contributed by atoms with E-state index in [0.29, 0.717) is 16.7 Å². The highest BCUT2D eigenvalue weighted by atomic mass is 32.1. The average molecular weight is 466 g/mol. The Hall–Kier alpha value is -2.71. The molecule has 0 bridgehead atoms. The molecule has 2 aliphatic heterocycles.